The van der Waals surface area contributed by atoms with Gasteiger partial charge in [0.2, 0.25) is 0 Å². The van der Waals surface area contributed by atoms with Gasteiger partial charge in [0.25, 0.3) is 0 Å². The molecule has 0 spiro atoms. The number of hydrogen-bond donors (Lipinski definition) is 0. The number of rotatable bonds is 6. The fourth-order valence-electron chi connectivity index (χ4n) is 2.18. The van der Waals surface area contributed by atoms with Crippen molar-refractivity contribution in [2.24, 2.45) is 0 Å². The Morgan fingerprint density at radius 2 is 1.12 bits per heavy atom. The second-order valence-electron chi connectivity index (χ2n) is 4.98. The van der Waals surface area contributed by atoms with E-state index in [-0.39, 0.29) is 0 Å². The zero-order valence-electron chi connectivity index (χ0n) is 9.60. The zero-order valence-corrected chi connectivity index (χ0v) is 14.7. The van der Waals surface area contributed by atoms with Gasteiger partial charge in [-0.2, -0.15) is 0 Å². The van der Waals surface area contributed by atoms with Gasteiger partial charge in [-0.15, -0.1) is 0 Å². The van der Waals surface area contributed by atoms with Crippen LogP contribution in [0.15, 0.2) is 0 Å². The molecule has 2 atom stereocenters. The van der Waals surface area contributed by atoms with Gasteiger partial charge in [0, 0.05) is 0 Å². The van der Waals surface area contributed by atoms with E-state index in [9.17, 15) is 0 Å². The van der Waals surface area contributed by atoms with Crippen LogP contribution in [0, 0.1) is 0 Å². The van der Waals surface area contributed by atoms with Crippen molar-refractivity contribution in [1.29, 1.82) is 0 Å². The number of hydrogen-bond acceptors (Lipinski definition) is 2. The molecule has 16 heavy (non-hydrogen) atoms. The summed E-state index contributed by atoms with van der Waals surface area (Å²) in [6.07, 6.45) is 6.40. The van der Waals surface area contributed by atoms with Gasteiger partial charge in [-0.1, -0.05) is 0 Å². The summed E-state index contributed by atoms with van der Waals surface area (Å²) < 4.78 is 0. The first-order valence-electron chi connectivity index (χ1n) is 6.36. The first-order chi connectivity index (χ1) is 7.90. The molecule has 1 saturated carbocycles. The molecular formula is C12H20S2Se2. The second kappa shape index (κ2) is 6.26. The van der Waals surface area contributed by atoms with E-state index in [0.29, 0.717) is 0 Å². The summed E-state index contributed by atoms with van der Waals surface area (Å²) in [6, 6.07) is 0. The summed E-state index contributed by atoms with van der Waals surface area (Å²) in [5.41, 5.74) is 0. The van der Waals surface area contributed by atoms with Crippen LogP contribution >= 0.6 is 23.5 Å². The molecule has 0 aromatic heterocycles. The first-order valence-corrected chi connectivity index (χ1v) is 12.9. The first kappa shape index (κ1) is 12.8. The molecule has 0 amide bonds. The van der Waals surface area contributed by atoms with E-state index in [1.807, 2.05) is 0 Å². The average Bonchev–Trinajstić information content (AvgIpc) is 3.17. The van der Waals surface area contributed by atoms with E-state index in [1.165, 1.54) is 21.1 Å². The molecule has 0 bridgehead atoms. The Balaban J connectivity index is 1.28. The Labute approximate surface area is 121 Å². The standard InChI is InChI=1S/C12H20S2Se2/c1-2-12(16-8-10-6-14-10)4-3-11(1)15-7-9-5-13-9/h9-12H,1-8H2. The maximum atomic E-state index is 2.19. The summed E-state index contributed by atoms with van der Waals surface area (Å²) in [7, 11) is 0. The molecule has 2 saturated heterocycles. The molecular weight excluding hydrogens is 366 g/mol. The van der Waals surface area contributed by atoms with Crippen molar-refractivity contribution in [3.8, 4) is 0 Å². The van der Waals surface area contributed by atoms with Crippen molar-refractivity contribution in [3.05, 3.63) is 0 Å². The Morgan fingerprint density at radius 3 is 1.44 bits per heavy atom. The minimum atomic E-state index is 0.998. The third kappa shape index (κ3) is 4.44. The molecule has 3 rings (SSSR count). The van der Waals surface area contributed by atoms with Crippen LogP contribution < -0.4 is 0 Å². The fourth-order valence-corrected chi connectivity index (χ4v) is 10.7. The Hall–Kier alpha value is 1.74. The molecule has 0 N–H and O–H groups in total. The zero-order chi connectivity index (χ0) is 10.8. The van der Waals surface area contributed by atoms with Crippen molar-refractivity contribution < 1.29 is 0 Å². The molecule has 2 unspecified atom stereocenters. The summed E-state index contributed by atoms with van der Waals surface area (Å²) in [6.45, 7) is 0. The van der Waals surface area contributed by atoms with Gasteiger partial charge in [0.1, 0.15) is 0 Å². The molecule has 0 nitrogen and oxygen atoms in total. The molecule has 2 aliphatic heterocycles. The van der Waals surface area contributed by atoms with Crippen LogP contribution in [0.1, 0.15) is 25.7 Å². The summed E-state index contributed by atoms with van der Waals surface area (Å²) >= 11 is 6.38. The second-order valence-corrected chi connectivity index (χ2v) is 13.2. The van der Waals surface area contributed by atoms with Crippen LogP contribution in [-0.4, -0.2) is 51.9 Å². The van der Waals surface area contributed by atoms with Gasteiger partial charge in [-0.05, 0) is 0 Å². The van der Waals surface area contributed by atoms with Crippen molar-refractivity contribution >= 4 is 53.4 Å². The summed E-state index contributed by atoms with van der Waals surface area (Å²) in [4.78, 5) is 2.35. The molecule has 4 heteroatoms. The van der Waals surface area contributed by atoms with Crippen LogP contribution in [0.3, 0.4) is 0 Å². The fraction of sp³-hybridized carbons (Fsp3) is 1.00. The molecule has 3 fully saturated rings. The Bertz CT molecular complexity index is 197. The quantitative estimate of drug-likeness (QED) is 0.505. The minimum absolute atomic E-state index is 0.998. The van der Waals surface area contributed by atoms with Gasteiger partial charge in [0.05, 0.1) is 0 Å². The van der Waals surface area contributed by atoms with Crippen molar-refractivity contribution in [3.63, 3.8) is 0 Å². The van der Waals surface area contributed by atoms with E-state index < -0.39 is 0 Å². The average molecular weight is 386 g/mol. The third-order valence-electron chi connectivity index (χ3n) is 3.46. The third-order valence-corrected chi connectivity index (χ3v) is 12.8. The van der Waals surface area contributed by atoms with Crippen LogP contribution in [0.4, 0.5) is 0 Å². The van der Waals surface area contributed by atoms with E-state index in [0.717, 1.165) is 40.4 Å². The molecule has 92 valence electrons. The van der Waals surface area contributed by atoms with Crippen molar-refractivity contribution in [2.45, 2.75) is 56.5 Å². The maximum absolute atomic E-state index is 2.19. The SMILES string of the molecule is C1SC1C[Se]C1CCC([Se]CC2CS2)CC1. The van der Waals surface area contributed by atoms with E-state index in [2.05, 4.69) is 23.5 Å². The normalized spacial score (nSPS) is 42.0. The van der Waals surface area contributed by atoms with E-state index in [1.54, 1.807) is 36.3 Å². The summed E-state index contributed by atoms with van der Waals surface area (Å²) in [5.74, 6) is 2.97. The Morgan fingerprint density at radius 1 is 0.750 bits per heavy atom. The van der Waals surface area contributed by atoms with E-state index >= 15 is 0 Å². The summed E-state index contributed by atoms with van der Waals surface area (Å²) in [5, 5.41) is 5.40. The molecule has 2 heterocycles. The molecule has 0 aromatic carbocycles. The predicted octanol–water partition coefficient (Wildman–Crippen LogP) is 3.61. The van der Waals surface area contributed by atoms with Crippen LogP contribution in [-0.2, 0) is 0 Å². The van der Waals surface area contributed by atoms with Gasteiger partial charge >= 0.3 is 121 Å². The van der Waals surface area contributed by atoms with Gasteiger partial charge in [-0.25, -0.2) is 0 Å². The van der Waals surface area contributed by atoms with Crippen LogP contribution in [0.25, 0.3) is 0 Å². The Kier molecular flexibility index (Phi) is 4.99. The predicted molar refractivity (Wildman–Crippen MR) is 79.6 cm³/mol. The van der Waals surface area contributed by atoms with E-state index in [4.69, 9.17) is 0 Å². The van der Waals surface area contributed by atoms with Gasteiger partial charge < -0.3 is 0 Å². The molecule has 3 aliphatic rings. The number of thioether (sulfide) groups is 2. The van der Waals surface area contributed by atoms with Gasteiger partial charge in [0.15, 0.2) is 0 Å². The van der Waals surface area contributed by atoms with Crippen molar-refractivity contribution in [2.75, 3.05) is 11.5 Å². The monoisotopic (exact) mass is 388 g/mol. The van der Waals surface area contributed by atoms with Gasteiger partial charge in [-0.3, -0.25) is 0 Å². The topological polar surface area (TPSA) is 0 Å². The molecule has 0 aromatic rings. The van der Waals surface area contributed by atoms with Crippen molar-refractivity contribution in [1.82, 2.24) is 0 Å². The van der Waals surface area contributed by atoms with Crippen LogP contribution in [0.2, 0.25) is 20.3 Å². The molecule has 0 radical (unpaired) electrons. The molecule has 1 aliphatic carbocycles. The van der Waals surface area contributed by atoms with Crippen LogP contribution in [0.5, 0.6) is 0 Å².